The zero-order valence-corrected chi connectivity index (χ0v) is 25.3. The van der Waals surface area contributed by atoms with E-state index in [-0.39, 0.29) is 30.6 Å². The highest BCUT2D eigenvalue weighted by Gasteiger charge is 2.41. The maximum atomic E-state index is 13.2. The van der Waals surface area contributed by atoms with Crippen LogP contribution in [0.2, 0.25) is 0 Å². The molecule has 0 aliphatic carbocycles. The van der Waals surface area contributed by atoms with Crippen molar-refractivity contribution < 1.29 is 33.4 Å². The van der Waals surface area contributed by atoms with E-state index in [0.717, 1.165) is 37.6 Å². The summed E-state index contributed by atoms with van der Waals surface area (Å²) >= 11 is 6.93. The van der Waals surface area contributed by atoms with E-state index in [9.17, 15) is 19.2 Å². The fourth-order valence-electron chi connectivity index (χ4n) is 5.21. The summed E-state index contributed by atoms with van der Waals surface area (Å²) in [5.74, 6) is -0.746. The van der Waals surface area contributed by atoms with Crippen LogP contribution in [0.3, 0.4) is 0 Å². The Hall–Kier alpha value is -4.26. The lowest BCUT2D eigenvalue weighted by molar-refractivity contribution is -0.121. The van der Waals surface area contributed by atoms with Crippen LogP contribution < -0.4 is 14.4 Å². The zero-order valence-electron chi connectivity index (χ0n) is 23.7. The number of esters is 1. The number of hydrogen-bond donors (Lipinski definition) is 0. The summed E-state index contributed by atoms with van der Waals surface area (Å²) in [6.45, 7) is 3.77. The van der Waals surface area contributed by atoms with E-state index in [1.165, 1.54) is 41.6 Å². The third-order valence-electron chi connectivity index (χ3n) is 7.62. The number of nitrogens with zero attached hydrogens (tertiary/aromatic N) is 3. The Bertz CT molecular complexity index is 1590. The largest absolute Gasteiger partial charge is 0.454 e. The number of ether oxygens (including phenoxy) is 3. The van der Waals surface area contributed by atoms with Gasteiger partial charge in [0.05, 0.1) is 11.3 Å². The van der Waals surface area contributed by atoms with E-state index < -0.39 is 23.6 Å². The number of hydrogen-bond acceptors (Lipinski definition) is 10. The first-order valence-corrected chi connectivity index (χ1v) is 15.4. The Morgan fingerprint density at radius 1 is 0.886 bits per heavy atom. The maximum Gasteiger partial charge on any atom is 0.338 e. The third-order valence-corrected chi connectivity index (χ3v) is 9.28. The molecule has 44 heavy (non-hydrogen) atoms. The lowest BCUT2D eigenvalue weighted by Gasteiger charge is -2.36. The van der Waals surface area contributed by atoms with Crippen molar-refractivity contribution in [2.24, 2.45) is 0 Å². The fraction of sp³-hybridized carbons (Fsp3) is 0.281. The van der Waals surface area contributed by atoms with Gasteiger partial charge in [-0.25, -0.2) is 9.69 Å². The topological polar surface area (TPSA) is 106 Å². The smallest absolute Gasteiger partial charge is 0.338 e. The number of amides is 2. The van der Waals surface area contributed by atoms with Crippen molar-refractivity contribution >= 4 is 57.6 Å². The Balaban J connectivity index is 0.988. The minimum Gasteiger partial charge on any atom is -0.454 e. The van der Waals surface area contributed by atoms with Gasteiger partial charge in [0, 0.05) is 44.7 Å². The number of anilines is 1. The van der Waals surface area contributed by atoms with Crippen LogP contribution in [0.5, 0.6) is 11.5 Å². The van der Waals surface area contributed by atoms with E-state index in [2.05, 4.69) is 21.9 Å². The molecule has 12 heteroatoms. The van der Waals surface area contributed by atoms with E-state index >= 15 is 0 Å². The molecule has 2 amide bonds. The molecule has 0 N–H and O–H groups in total. The van der Waals surface area contributed by atoms with E-state index in [0.29, 0.717) is 27.1 Å². The highest BCUT2D eigenvalue weighted by atomic mass is 32.2. The van der Waals surface area contributed by atoms with Gasteiger partial charge in [0.25, 0.3) is 0 Å². The van der Waals surface area contributed by atoms with Gasteiger partial charge in [-0.1, -0.05) is 54.3 Å². The molecular formula is C32H29N3O7S2. The predicted octanol–water partition coefficient (Wildman–Crippen LogP) is 3.92. The SMILES string of the molecule is O=C(COC(=O)c1ccc(N2C(=O)C[C@@H](SC(=S)N3CCN(Cc4ccccc4)CC3)C2=O)cc1)c1ccc2c(c1)OCO2. The Morgan fingerprint density at radius 3 is 2.34 bits per heavy atom. The van der Waals surface area contributed by atoms with Crippen molar-refractivity contribution in [1.29, 1.82) is 0 Å². The first kappa shape index (κ1) is 29.8. The first-order chi connectivity index (χ1) is 21.4. The number of thiocarbonyl (C=S) groups is 1. The van der Waals surface area contributed by atoms with Gasteiger partial charge in [0.2, 0.25) is 18.6 Å². The van der Waals surface area contributed by atoms with Crippen LogP contribution in [-0.2, 0) is 20.9 Å². The summed E-state index contributed by atoms with van der Waals surface area (Å²) in [6.07, 6.45) is 0.0450. The van der Waals surface area contributed by atoms with Gasteiger partial charge in [-0.2, -0.15) is 0 Å². The van der Waals surface area contributed by atoms with E-state index in [1.54, 1.807) is 18.2 Å². The molecule has 0 aromatic heterocycles. The molecule has 6 rings (SSSR count). The molecule has 2 saturated heterocycles. The molecule has 0 bridgehead atoms. The fourth-order valence-corrected chi connectivity index (χ4v) is 6.75. The summed E-state index contributed by atoms with van der Waals surface area (Å²) in [5.41, 5.74) is 2.15. The molecule has 1 atom stereocenters. The van der Waals surface area contributed by atoms with Crippen LogP contribution in [0.25, 0.3) is 0 Å². The number of carbonyl (C=O) groups excluding carboxylic acids is 4. The molecular weight excluding hydrogens is 603 g/mol. The van der Waals surface area contributed by atoms with Crippen LogP contribution >= 0.6 is 24.0 Å². The van der Waals surface area contributed by atoms with E-state index in [4.69, 9.17) is 26.4 Å². The Kier molecular flexibility index (Phi) is 8.91. The van der Waals surface area contributed by atoms with Gasteiger partial charge in [0.15, 0.2) is 23.9 Å². The number of carbonyl (C=O) groups is 4. The van der Waals surface area contributed by atoms with Gasteiger partial charge < -0.3 is 19.1 Å². The summed E-state index contributed by atoms with van der Waals surface area (Å²) in [4.78, 5) is 56.8. The van der Waals surface area contributed by atoms with E-state index in [1.807, 2.05) is 18.2 Å². The lowest BCUT2D eigenvalue weighted by Crippen LogP contribution is -2.47. The molecule has 226 valence electrons. The van der Waals surface area contributed by atoms with Gasteiger partial charge in [-0.3, -0.25) is 19.3 Å². The zero-order chi connectivity index (χ0) is 30.6. The van der Waals surface area contributed by atoms with Crippen LogP contribution in [-0.4, -0.2) is 82.5 Å². The number of piperazine rings is 1. The molecule has 0 radical (unpaired) electrons. The summed E-state index contributed by atoms with van der Waals surface area (Å²) in [6, 6.07) is 21.0. The normalized spacial score (nSPS) is 18.0. The Morgan fingerprint density at radius 2 is 1.59 bits per heavy atom. The average molecular weight is 632 g/mol. The number of rotatable bonds is 8. The second kappa shape index (κ2) is 13.2. The summed E-state index contributed by atoms with van der Waals surface area (Å²) < 4.78 is 16.3. The molecule has 2 fully saturated rings. The summed E-state index contributed by atoms with van der Waals surface area (Å²) in [5, 5.41) is -0.607. The minimum absolute atomic E-state index is 0.0450. The molecule has 3 aliphatic rings. The molecule has 0 saturated carbocycles. The standard InChI is InChI=1S/C32H29N3O7S2/c36-25(23-8-11-26-27(16-23)42-20-41-26)19-40-31(39)22-6-9-24(10-7-22)35-29(37)17-28(30(35)38)44-32(43)34-14-12-33(13-15-34)18-21-4-2-1-3-5-21/h1-11,16,28H,12-15,17-20H2/t28-/m1/s1. The number of imide groups is 1. The number of ketones is 1. The second-order valence-corrected chi connectivity index (χ2v) is 12.3. The van der Waals surface area contributed by atoms with Crippen molar-refractivity contribution in [2.45, 2.75) is 18.2 Å². The van der Waals surface area contributed by atoms with Crippen molar-refractivity contribution in [2.75, 3.05) is 44.5 Å². The van der Waals surface area contributed by atoms with Crippen molar-refractivity contribution in [3.05, 3.63) is 89.5 Å². The van der Waals surface area contributed by atoms with Gasteiger partial charge in [-0.05, 0) is 48.0 Å². The van der Waals surface area contributed by atoms with Crippen LogP contribution in [0.1, 0.15) is 32.7 Å². The second-order valence-electron chi connectivity index (χ2n) is 10.5. The van der Waals surface area contributed by atoms with Crippen LogP contribution in [0.15, 0.2) is 72.8 Å². The molecule has 3 aromatic carbocycles. The molecule has 10 nitrogen and oxygen atoms in total. The molecule has 0 spiro atoms. The first-order valence-electron chi connectivity index (χ1n) is 14.1. The summed E-state index contributed by atoms with van der Waals surface area (Å²) in [7, 11) is 0. The predicted molar refractivity (Wildman–Crippen MR) is 168 cm³/mol. The Labute approximate surface area is 263 Å². The number of fused-ring (bicyclic) bond motifs is 1. The number of benzene rings is 3. The third kappa shape index (κ3) is 6.62. The van der Waals surface area contributed by atoms with Crippen molar-refractivity contribution in [1.82, 2.24) is 9.80 Å². The lowest BCUT2D eigenvalue weighted by atomic mass is 10.1. The molecule has 3 aromatic rings. The van der Waals surface area contributed by atoms with Crippen LogP contribution in [0.4, 0.5) is 5.69 Å². The van der Waals surface area contributed by atoms with Gasteiger partial charge in [-0.15, -0.1) is 0 Å². The van der Waals surface area contributed by atoms with Crippen LogP contribution in [0, 0.1) is 0 Å². The minimum atomic E-state index is -0.702. The highest BCUT2D eigenvalue weighted by Crippen LogP contribution is 2.33. The number of thioether (sulfide) groups is 1. The van der Waals surface area contributed by atoms with Crippen molar-refractivity contribution in [3.8, 4) is 11.5 Å². The molecule has 0 unspecified atom stereocenters. The molecule has 3 aliphatic heterocycles. The quantitative estimate of drug-likeness (QED) is 0.156. The average Bonchev–Trinajstić information content (AvgIpc) is 3.63. The van der Waals surface area contributed by atoms with Gasteiger partial charge in [0.1, 0.15) is 9.57 Å². The van der Waals surface area contributed by atoms with Gasteiger partial charge >= 0.3 is 5.97 Å². The molecule has 3 heterocycles. The van der Waals surface area contributed by atoms with Crippen molar-refractivity contribution in [3.63, 3.8) is 0 Å². The maximum absolute atomic E-state index is 13.2. The number of Topliss-reactive ketones (excluding diaryl/α,β-unsaturated/α-hetero) is 1. The monoisotopic (exact) mass is 631 g/mol. The highest BCUT2D eigenvalue weighted by molar-refractivity contribution is 8.23.